The Labute approximate surface area is 222 Å². The van der Waals surface area contributed by atoms with Gasteiger partial charge in [0.25, 0.3) is 0 Å². The van der Waals surface area contributed by atoms with Crippen molar-refractivity contribution < 1.29 is 24.2 Å². The highest BCUT2D eigenvalue weighted by atomic mass is 32.2. The first kappa shape index (κ1) is 30.3. The van der Waals surface area contributed by atoms with E-state index in [1.165, 1.54) is 18.1 Å². The van der Waals surface area contributed by atoms with Gasteiger partial charge in [0.2, 0.25) is 11.8 Å². The van der Waals surface area contributed by atoms with Gasteiger partial charge in [-0.2, -0.15) is 11.8 Å². The van der Waals surface area contributed by atoms with Crippen LogP contribution in [-0.4, -0.2) is 75.7 Å². The number of carbonyl (C=O) groups is 3. The molecule has 6 N–H and O–H groups in total. The van der Waals surface area contributed by atoms with Crippen LogP contribution in [0.2, 0.25) is 0 Å². The van der Waals surface area contributed by atoms with E-state index in [-0.39, 0.29) is 30.9 Å². The fourth-order valence-electron chi connectivity index (χ4n) is 3.68. The van der Waals surface area contributed by atoms with E-state index in [0.717, 1.165) is 17.7 Å². The third-order valence-electron chi connectivity index (χ3n) is 6.25. The second kappa shape index (κ2) is 16.1. The van der Waals surface area contributed by atoms with Gasteiger partial charge in [0, 0.05) is 24.7 Å². The highest BCUT2D eigenvalue weighted by Gasteiger charge is 2.29. The number of nitrogens with one attached hydrogen (secondary N) is 3. The molecule has 1 aromatic heterocycles. The van der Waals surface area contributed by atoms with Crippen LogP contribution in [0.4, 0.5) is 0 Å². The molecule has 0 aliphatic carbocycles. The number of amides is 2. The van der Waals surface area contributed by atoms with E-state index in [1.807, 2.05) is 50.4 Å². The number of ether oxygens (including phenoxy) is 1. The van der Waals surface area contributed by atoms with Crippen molar-refractivity contribution in [2.75, 3.05) is 18.6 Å². The van der Waals surface area contributed by atoms with Gasteiger partial charge < -0.3 is 31.2 Å². The molecule has 0 radical (unpaired) electrons. The largest absolute Gasteiger partial charge is 0.480 e. The second-order valence-electron chi connectivity index (χ2n) is 9.08. The van der Waals surface area contributed by atoms with Crippen LogP contribution in [0.3, 0.4) is 0 Å². The predicted octanol–water partition coefficient (Wildman–Crippen LogP) is 1.76. The molecule has 10 nitrogen and oxygen atoms in total. The lowest BCUT2D eigenvalue weighted by Crippen LogP contribution is -2.52. The Morgan fingerprint density at radius 3 is 2.49 bits per heavy atom. The van der Waals surface area contributed by atoms with Gasteiger partial charge >= 0.3 is 5.97 Å². The summed E-state index contributed by atoms with van der Waals surface area (Å²) in [6.07, 6.45) is 5.76. The van der Waals surface area contributed by atoms with Crippen molar-refractivity contribution in [3.05, 3.63) is 54.1 Å². The van der Waals surface area contributed by atoms with Crippen LogP contribution in [0.15, 0.2) is 42.9 Å². The summed E-state index contributed by atoms with van der Waals surface area (Å²) in [6.45, 7) is 4.07. The zero-order chi connectivity index (χ0) is 27.2. The average Bonchev–Trinajstić information content (AvgIpc) is 3.40. The van der Waals surface area contributed by atoms with Gasteiger partial charge in [-0.25, -0.2) is 9.78 Å². The molecule has 0 saturated heterocycles. The summed E-state index contributed by atoms with van der Waals surface area (Å²) in [4.78, 5) is 44.5. The zero-order valence-electron chi connectivity index (χ0n) is 21.7. The number of aromatic nitrogens is 2. The molecule has 0 saturated carbocycles. The highest BCUT2D eigenvalue weighted by Crippen LogP contribution is 2.13. The number of H-pyrrole nitrogens is 1. The Bertz CT molecular complexity index is 960. The number of thioether (sulfide) groups is 1. The van der Waals surface area contributed by atoms with Crippen LogP contribution >= 0.6 is 11.8 Å². The van der Waals surface area contributed by atoms with Crippen molar-refractivity contribution in [1.29, 1.82) is 0 Å². The number of nitrogens with two attached hydrogens (primary N) is 1. The van der Waals surface area contributed by atoms with Crippen molar-refractivity contribution in [3.8, 4) is 0 Å². The van der Waals surface area contributed by atoms with Gasteiger partial charge in [0.15, 0.2) is 0 Å². The number of imidazole rings is 1. The number of aliphatic carboxylic acids is 1. The number of rotatable bonds is 17. The first-order chi connectivity index (χ1) is 17.7. The topological polar surface area (TPSA) is 159 Å². The summed E-state index contributed by atoms with van der Waals surface area (Å²) >= 11 is 1.51. The second-order valence-corrected chi connectivity index (χ2v) is 10.1. The molecule has 0 spiro atoms. The minimum atomic E-state index is -1.09. The Kier molecular flexibility index (Phi) is 13.2. The van der Waals surface area contributed by atoms with Gasteiger partial charge in [-0.1, -0.05) is 50.6 Å². The lowest BCUT2D eigenvalue weighted by Gasteiger charge is -2.28. The van der Waals surface area contributed by atoms with Crippen LogP contribution in [0.25, 0.3) is 0 Å². The maximum atomic E-state index is 13.2. The Morgan fingerprint density at radius 1 is 1.16 bits per heavy atom. The number of carboxylic acid groups (broad SMARTS) is 1. The number of nitrogens with zero attached hydrogens (tertiary/aromatic N) is 1. The molecular weight excluding hydrogens is 494 g/mol. The Morgan fingerprint density at radius 2 is 1.89 bits per heavy atom. The third-order valence-corrected chi connectivity index (χ3v) is 6.89. The maximum Gasteiger partial charge on any atom is 0.326 e. The molecule has 1 heterocycles. The maximum absolute atomic E-state index is 13.2. The molecule has 2 aromatic rings. The molecule has 2 rings (SSSR count). The molecular formula is C26H39N5O5S. The van der Waals surface area contributed by atoms with Crippen LogP contribution < -0.4 is 16.4 Å². The molecule has 5 atom stereocenters. The molecule has 204 valence electrons. The lowest BCUT2D eigenvalue weighted by molar-refractivity contribution is -0.144. The lowest BCUT2D eigenvalue weighted by atomic mass is 9.99. The molecule has 0 aliphatic rings. The molecule has 0 fully saturated rings. The summed E-state index contributed by atoms with van der Waals surface area (Å²) in [5.74, 6) is -1.26. The van der Waals surface area contributed by atoms with E-state index in [9.17, 15) is 19.5 Å². The fraction of sp³-hybridized carbons (Fsp3) is 0.538. The van der Waals surface area contributed by atoms with Crippen molar-refractivity contribution in [2.45, 2.75) is 63.8 Å². The molecule has 11 heteroatoms. The van der Waals surface area contributed by atoms with Gasteiger partial charge in [0.05, 0.1) is 25.0 Å². The van der Waals surface area contributed by atoms with E-state index < -0.39 is 30.1 Å². The number of carboxylic acids is 1. The summed E-state index contributed by atoms with van der Waals surface area (Å²) in [5, 5.41) is 15.2. The van der Waals surface area contributed by atoms with E-state index >= 15 is 0 Å². The van der Waals surface area contributed by atoms with Gasteiger partial charge in [-0.05, 0) is 29.9 Å². The monoisotopic (exact) mass is 533 g/mol. The molecule has 2 amide bonds. The Balaban J connectivity index is 2.11. The molecule has 2 unspecified atom stereocenters. The molecule has 0 aliphatic heterocycles. The molecule has 1 aromatic carbocycles. The summed E-state index contributed by atoms with van der Waals surface area (Å²) in [7, 11) is 0. The number of hydrogen-bond donors (Lipinski definition) is 5. The first-order valence-corrected chi connectivity index (χ1v) is 13.8. The standard InChI is InChI=1S/C26H39N5O5S/c1-4-17(2)22(31-24(32)20(27)13-19-14-28-16-29-19)15-36-23(12-18-8-6-5-7-9-18)25(33)30-21(26(34)35)10-11-37-3/h5-9,14,16-17,20-23H,4,10-13,15,27H2,1-3H3,(H,28,29)(H,30,33)(H,31,32)(H,34,35)/t17?,20-,21-,22?,23-/m0/s1. The predicted molar refractivity (Wildman–Crippen MR) is 144 cm³/mol. The summed E-state index contributed by atoms with van der Waals surface area (Å²) in [6, 6.07) is 7.21. The summed E-state index contributed by atoms with van der Waals surface area (Å²) < 4.78 is 6.08. The number of benzene rings is 1. The van der Waals surface area contributed by atoms with E-state index in [1.54, 1.807) is 6.20 Å². The van der Waals surface area contributed by atoms with Gasteiger partial charge in [0.1, 0.15) is 12.1 Å². The van der Waals surface area contributed by atoms with Crippen LogP contribution in [0.5, 0.6) is 0 Å². The van der Waals surface area contributed by atoms with Crippen LogP contribution in [-0.2, 0) is 32.0 Å². The fourth-order valence-corrected chi connectivity index (χ4v) is 4.15. The zero-order valence-corrected chi connectivity index (χ0v) is 22.5. The smallest absolute Gasteiger partial charge is 0.326 e. The Hall–Kier alpha value is -2.89. The minimum absolute atomic E-state index is 0.0529. The summed E-state index contributed by atoms with van der Waals surface area (Å²) in [5.41, 5.74) is 7.74. The van der Waals surface area contributed by atoms with Crippen molar-refractivity contribution in [2.24, 2.45) is 11.7 Å². The quantitative estimate of drug-likeness (QED) is 0.206. The molecule has 37 heavy (non-hydrogen) atoms. The van der Waals surface area contributed by atoms with Crippen LogP contribution in [0, 0.1) is 5.92 Å². The number of hydrogen-bond acceptors (Lipinski definition) is 7. The SMILES string of the molecule is CCC(C)C(CO[C@@H](Cc1ccccc1)C(=O)N[C@@H](CCSC)C(=O)O)NC(=O)[C@@H](N)Cc1cnc[nH]1. The number of carbonyl (C=O) groups excluding carboxylic acids is 2. The van der Waals surface area contributed by atoms with E-state index in [2.05, 4.69) is 20.6 Å². The normalized spacial score (nSPS) is 15.2. The van der Waals surface area contributed by atoms with E-state index in [0.29, 0.717) is 18.6 Å². The average molecular weight is 534 g/mol. The van der Waals surface area contributed by atoms with Crippen molar-refractivity contribution >= 4 is 29.5 Å². The number of aromatic amines is 1. The molecule has 0 bridgehead atoms. The highest BCUT2D eigenvalue weighted by molar-refractivity contribution is 7.98. The van der Waals surface area contributed by atoms with E-state index in [4.69, 9.17) is 10.5 Å². The van der Waals surface area contributed by atoms with Crippen molar-refractivity contribution in [1.82, 2.24) is 20.6 Å². The van der Waals surface area contributed by atoms with Gasteiger partial charge in [-0.3, -0.25) is 9.59 Å². The first-order valence-electron chi connectivity index (χ1n) is 12.5. The van der Waals surface area contributed by atoms with Gasteiger partial charge in [-0.15, -0.1) is 0 Å². The van der Waals surface area contributed by atoms with Crippen molar-refractivity contribution in [3.63, 3.8) is 0 Å². The third kappa shape index (κ3) is 10.6. The minimum Gasteiger partial charge on any atom is -0.480 e. The van der Waals surface area contributed by atoms with Crippen LogP contribution in [0.1, 0.15) is 37.9 Å².